The lowest BCUT2D eigenvalue weighted by Gasteiger charge is -2.38. The van der Waals surface area contributed by atoms with Crippen molar-refractivity contribution in [3.05, 3.63) is 24.0 Å². The van der Waals surface area contributed by atoms with E-state index in [1.165, 1.54) is 12.3 Å². The van der Waals surface area contributed by atoms with Crippen molar-refractivity contribution in [2.45, 2.75) is 33.2 Å². The van der Waals surface area contributed by atoms with Crippen LogP contribution < -0.4 is 11.1 Å². The lowest BCUT2D eigenvalue weighted by atomic mass is 9.74. The van der Waals surface area contributed by atoms with Crippen molar-refractivity contribution in [3.8, 4) is 0 Å². The summed E-state index contributed by atoms with van der Waals surface area (Å²) in [7, 11) is 0. The molecule has 0 spiro atoms. The van der Waals surface area contributed by atoms with E-state index in [1.54, 1.807) is 33.8 Å². The van der Waals surface area contributed by atoms with Gasteiger partial charge in [-0.2, -0.15) is 0 Å². The van der Waals surface area contributed by atoms with E-state index in [9.17, 15) is 14.7 Å². The number of hydrogen-bond acceptors (Lipinski definition) is 4. The molecule has 19 heavy (non-hydrogen) atoms. The number of carbonyl (C=O) groups is 2. The smallest absolute Gasteiger partial charge is 0.311 e. The minimum Gasteiger partial charge on any atom is -0.481 e. The van der Waals surface area contributed by atoms with E-state index in [-0.39, 0.29) is 5.69 Å². The normalized spacial score (nSPS) is 12.0. The van der Waals surface area contributed by atoms with E-state index < -0.39 is 22.8 Å². The molecule has 0 radical (unpaired) electrons. The van der Waals surface area contributed by atoms with Crippen LogP contribution in [0.2, 0.25) is 0 Å². The molecule has 0 fully saturated rings. The molecule has 1 aromatic heterocycles. The first-order valence-corrected chi connectivity index (χ1v) is 5.85. The Morgan fingerprint density at radius 2 is 1.84 bits per heavy atom. The van der Waals surface area contributed by atoms with Crippen molar-refractivity contribution in [3.63, 3.8) is 0 Å². The van der Waals surface area contributed by atoms with E-state index >= 15 is 0 Å². The van der Waals surface area contributed by atoms with Crippen LogP contribution in [0.3, 0.4) is 0 Å². The number of carbonyl (C=O) groups excluding carboxylic acids is 1. The molecule has 0 saturated carbocycles. The minimum absolute atomic E-state index is 0.198. The van der Waals surface area contributed by atoms with E-state index in [1.807, 2.05) is 0 Å². The number of anilines is 1. The van der Waals surface area contributed by atoms with Crippen LogP contribution in [0.1, 0.15) is 38.2 Å². The highest BCUT2D eigenvalue weighted by atomic mass is 16.4. The fraction of sp³-hybridized carbons (Fsp3) is 0.462. The number of hydrogen-bond donors (Lipinski definition) is 3. The van der Waals surface area contributed by atoms with Gasteiger partial charge in [-0.05, 0) is 39.8 Å². The number of nitrogens with one attached hydrogen (secondary N) is 1. The summed E-state index contributed by atoms with van der Waals surface area (Å²) in [4.78, 5) is 27.2. The first-order chi connectivity index (χ1) is 8.58. The maximum atomic E-state index is 12.0. The van der Waals surface area contributed by atoms with E-state index in [4.69, 9.17) is 5.73 Å². The first-order valence-electron chi connectivity index (χ1n) is 5.85. The molecule has 104 valence electrons. The zero-order chi connectivity index (χ0) is 14.8. The Bertz CT molecular complexity index is 492. The van der Waals surface area contributed by atoms with Gasteiger partial charge in [0.2, 0.25) is 0 Å². The second-order valence-corrected chi connectivity index (χ2v) is 5.49. The number of rotatable bonds is 4. The number of amides is 1. The zero-order valence-corrected chi connectivity index (χ0v) is 11.5. The van der Waals surface area contributed by atoms with Gasteiger partial charge in [-0.1, -0.05) is 0 Å². The summed E-state index contributed by atoms with van der Waals surface area (Å²) in [6.07, 6.45) is 1.38. The van der Waals surface area contributed by atoms with Crippen LogP contribution in [0, 0.1) is 5.41 Å². The second-order valence-electron chi connectivity index (χ2n) is 5.49. The molecule has 1 amide bonds. The minimum atomic E-state index is -1.11. The van der Waals surface area contributed by atoms with Gasteiger partial charge in [-0.15, -0.1) is 0 Å². The van der Waals surface area contributed by atoms with Gasteiger partial charge in [-0.3, -0.25) is 9.59 Å². The summed E-state index contributed by atoms with van der Waals surface area (Å²) in [6, 6.07) is 3.06. The molecule has 1 heterocycles. The quantitative estimate of drug-likeness (QED) is 0.760. The SMILES string of the molecule is CC(C)(NC(=O)c1ccc(N)cn1)C(C)(C)C(=O)O. The fourth-order valence-electron chi connectivity index (χ4n) is 1.31. The molecule has 6 heteroatoms. The van der Waals surface area contributed by atoms with Crippen molar-refractivity contribution >= 4 is 17.6 Å². The Labute approximate surface area is 112 Å². The summed E-state index contributed by atoms with van der Waals surface area (Å²) in [5, 5.41) is 11.9. The van der Waals surface area contributed by atoms with Crippen molar-refractivity contribution < 1.29 is 14.7 Å². The maximum Gasteiger partial charge on any atom is 0.311 e. The molecule has 0 atom stereocenters. The molecule has 1 rings (SSSR count). The molecule has 0 saturated heterocycles. The zero-order valence-electron chi connectivity index (χ0n) is 11.5. The van der Waals surface area contributed by atoms with Crippen LogP contribution in [0.25, 0.3) is 0 Å². The van der Waals surface area contributed by atoms with Gasteiger partial charge in [0.05, 0.1) is 22.8 Å². The summed E-state index contributed by atoms with van der Waals surface area (Å²) in [5.41, 5.74) is 4.10. The van der Waals surface area contributed by atoms with Crippen LogP contribution in [-0.2, 0) is 4.79 Å². The van der Waals surface area contributed by atoms with Crippen molar-refractivity contribution in [1.82, 2.24) is 10.3 Å². The Kier molecular flexibility index (Phi) is 3.83. The summed E-state index contributed by atoms with van der Waals surface area (Å²) in [6.45, 7) is 6.45. The molecule has 0 aliphatic carbocycles. The molecule has 4 N–H and O–H groups in total. The highest BCUT2D eigenvalue weighted by Gasteiger charge is 2.44. The number of pyridine rings is 1. The molecular weight excluding hydrogens is 246 g/mol. The molecule has 0 aliphatic rings. The largest absolute Gasteiger partial charge is 0.481 e. The predicted molar refractivity (Wildman–Crippen MR) is 71.6 cm³/mol. The second kappa shape index (κ2) is 4.87. The lowest BCUT2D eigenvalue weighted by Crippen LogP contribution is -2.57. The van der Waals surface area contributed by atoms with Gasteiger partial charge in [0, 0.05) is 0 Å². The Balaban J connectivity index is 2.92. The number of nitrogens with zero attached hydrogens (tertiary/aromatic N) is 1. The number of aliphatic carboxylic acids is 1. The molecule has 0 aromatic carbocycles. The number of carboxylic acids is 1. The van der Waals surface area contributed by atoms with Gasteiger partial charge >= 0.3 is 5.97 Å². The summed E-state index contributed by atoms with van der Waals surface area (Å²) < 4.78 is 0. The van der Waals surface area contributed by atoms with Crippen molar-refractivity contribution in [2.75, 3.05) is 5.73 Å². The van der Waals surface area contributed by atoms with Crippen LogP contribution in [-0.4, -0.2) is 27.5 Å². The third-order valence-corrected chi connectivity index (χ3v) is 3.54. The summed E-state index contributed by atoms with van der Waals surface area (Å²) >= 11 is 0. The van der Waals surface area contributed by atoms with E-state index in [0.717, 1.165) is 0 Å². The third-order valence-electron chi connectivity index (χ3n) is 3.54. The predicted octanol–water partition coefficient (Wildman–Crippen LogP) is 1.28. The molecular formula is C13H19N3O3. The van der Waals surface area contributed by atoms with Gasteiger partial charge in [0.25, 0.3) is 5.91 Å². The van der Waals surface area contributed by atoms with E-state index in [0.29, 0.717) is 5.69 Å². The molecule has 0 aliphatic heterocycles. The molecule has 0 bridgehead atoms. The van der Waals surface area contributed by atoms with Gasteiger partial charge in [-0.25, -0.2) is 4.98 Å². The third kappa shape index (κ3) is 3.01. The van der Waals surface area contributed by atoms with Gasteiger partial charge in [0.1, 0.15) is 5.69 Å². The first kappa shape index (κ1) is 14.9. The highest BCUT2D eigenvalue weighted by molar-refractivity contribution is 5.93. The monoisotopic (exact) mass is 265 g/mol. The van der Waals surface area contributed by atoms with Gasteiger partial charge < -0.3 is 16.2 Å². The topological polar surface area (TPSA) is 105 Å². The Hall–Kier alpha value is -2.11. The number of carboxylic acid groups (broad SMARTS) is 1. The fourth-order valence-corrected chi connectivity index (χ4v) is 1.31. The van der Waals surface area contributed by atoms with Crippen LogP contribution in [0.5, 0.6) is 0 Å². The highest BCUT2D eigenvalue weighted by Crippen LogP contribution is 2.30. The number of nitrogen functional groups attached to an aromatic ring is 1. The van der Waals surface area contributed by atoms with Crippen molar-refractivity contribution in [1.29, 1.82) is 0 Å². The van der Waals surface area contributed by atoms with E-state index in [2.05, 4.69) is 10.3 Å². The van der Waals surface area contributed by atoms with Crippen LogP contribution in [0.15, 0.2) is 18.3 Å². The lowest BCUT2D eigenvalue weighted by molar-refractivity contribution is -0.150. The molecule has 1 aromatic rings. The average Bonchev–Trinajstić information content (AvgIpc) is 2.28. The Morgan fingerprint density at radius 1 is 1.26 bits per heavy atom. The van der Waals surface area contributed by atoms with Crippen molar-refractivity contribution in [2.24, 2.45) is 5.41 Å². The number of aromatic nitrogens is 1. The van der Waals surface area contributed by atoms with Gasteiger partial charge in [0.15, 0.2) is 0 Å². The Morgan fingerprint density at radius 3 is 2.26 bits per heavy atom. The summed E-state index contributed by atoms with van der Waals surface area (Å²) in [5.74, 6) is -1.41. The molecule has 0 unspecified atom stereocenters. The maximum absolute atomic E-state index is 12.0. The van der Waals surface area contributed by atoms with Crippen LogP contribution >= 0.6 is 0 Å². The van der Waals surface area contributed by atoms with Crippen LogP contribution in [0.4, 0.5) is 5.69 Å². The average molecular weight is 265 g/mol. The number of nitrogens with two attached hydrogens (primary N) is 1. The molecule has 6 nitrogen and oxygen atoms in total. The standard InChI is InChI=1S/C13H19N3O3/c1-12(2,11(18)19)13(3,4)16-10(17)9-6-5-8(14)7-15-9/h5-7H,14H2,1-4H3,(H,16,17)(H,18,19).